The van der Waals surface area contributed by atoms with E-state index in [-0.39, 0.29) is 11.7 Å². The molecule has 116 valence electrons. The van der Waals surface area contributed by atoms with E-state index in [1.807, 2.05) is 31.2 Å². The van der Waals surface area contributed by atoms with E-state index >= 15 is 0 Å². The minimum atomic E-state index is -0.290. The second kappa shape index (κ2) is 7.07. The number of rotatable bonds is 5. The minimum Gasteiger partial charge on any atom is -0.496 e. The van der Waals surface area contributed by atoms with Crippen LogP contribution in [0.15, 0.2) is 42.5 Å². The van der Waals surface area contributed by atoms with E-state index in [0.717, 1.165) is 22.4 Å². The second-order valence-electron chi connectivity index (χ2n) is 5.36. The average Bonchev–Trinajstić information content (AvgIpc) is 2.49. The number of hydrogen-bond acceptors (Lipinski definition) is 2. The predicted octanol–water partition coefficient (Wildman–Crippen LogP) is 3.34. The van der Waals surface area contributed by atoms with Crippen molar-refractivity contribution >= 4 is 5.91 Å². The first kappa shape index (κ1) is 16.0. The van der Waals surface area contributed by atoms with E-state index in [9.17, 15) is 9.18 Å². The highest BCUT2D eigenvalue weighted by Crippen LogP contribution is 2.19. The van der Waals surface area contributed by atoms with Crippen LogP contribution in [0, 0.1) is 12.7 Å². The Hall–Kier alpha value is -2.36. The van der Waals surface area contributed by atoms with Crippen molar-refractivity contribution in [3.8, 4) is 5.75 Å². The Morgan fingerprint density at radius 1 is 1.18 bits per heavy atom. The highest BCUT2D eigenvalue weighted by molar-refractivity contribution is 5.78. The van der Waals surface area contributed by atoms with Gasteiger partial charge in [-0.2, -0.15) is 0 Å². The fraction of sp³-hybridized carbons (Fsp3) is 0.278. The molecule has 0 spiro atoms. The van der Waals surface area contributed by atoms with E-state index in [2.05, 4.69) is 0 Å². The van der Waals surface area contributed by atoms with E-state index < -0.39 is 0 Å². The summed E-state index contributed by atoms with van der Waals surface area (Å²) in [6, 6.07) is 12.0. The van der Waals surface area contributed by atoms with Gasteiger partial charge in [0.1, 0.15) is 11.6 Å². The lowest BCUT2D eigenvalue weighted by Crippen LogP contribution is -2.27. The maximum Gasteiger partial charge on any atom is 0.227 e. The Balaban J connectivity index is 2.02. The van der Waals surface area contributed by atoms with Gasteiger partial charge >= 0.3 is 0 Å². The number of benzene rings is 2. The first-order valence-corrected chi connectivity index (χ1v) is 7.11. The van der Waals surface area contributed by atoms with Crippen LogP contribution in [0.1, 0.15) is 16.7 Å². The van der Waals surface area contributed by atoms with E-state index in [0.29, 0.717) is 13.0 Å². The summed E-state index contributed by atoms with van der Waals surface area (Å²) in [5, 5.41) is 0. The van der Waals surface area contributed by atoms with E-state index in [1.165, 1.54) is 12.1 Å². The van der Waals surface area contributed by atoms with Gasteiger partial charge in [0.05, 0.1) is 13.5 Å². The van der Waals surface area contributed by atoms with Crippen LogP contribution < -0.4 is 4.74 Å². The van der Waals surface area contributed by atoms with Crippen LogP contribution in [0.25, 0.3) is 0 Å². The molecule has 0 radical (unpaired) electrons. The van der Waals surface area contributed by atoms with Gasteiger partial charge in [0, 0.05) is 13.6 Å². The molecule has 0 saturated heterocycles. The average molecular weight is 301 g/mol. The minimum absolute atomic E-state index is 0.0184. The molecule has 3 nitrogen and oxygen atoms in total. The third kappa shape index (κ3) is 4.07. The zero-order valence-electron chi connectivity index (χ0n) is 13.1. The summed E-state index contributed by atoms with van der Waals surface area (Å²) < 4.78 is 18.4. The predicted molar refractivity (Wildman–Crippen MR) is 84.3 cm³/mol. The molecule has 0 aliphatic carbocycles. The van der Waals surface area contributed by atoms with E-state index in [4.69, 9.17) is 4.74 Å². The lowest BCUT2D eigenvalue weighted by molar-refractivity contribution is -0.129. The molecule has 2 aromatic carbocycles. The molecule has 0 aliphatic heterocycles. The molecule has 22 heavy (non-hydrogen) atoms. The monoisotopic (exact) mass is 301 g/mol. The highest BCUT2D eigenvalue weighted by Gasteiger charge is 2.11. The van der Waals surface area contributed by atoms with Gasteiger partial charge < -0.3 is 9.64 Å². The number of amides is 1. The lowest BCUT2D eigenvalue weighted by Gasteiger charge is -2.18. The van der Waals surface area contributed by atoms with Crippen LogP contribution in [0.5, 0.6) is 5.75 Å². The molecule has 0 bridgehead atoms. The van der Waals surface area contributed by atoms with Crippen molar-refractivity contribution in [2.75, 3.05) is 14.2 Å². The summed E-state index contributed by atoms with van der Waals surface area (Å²) in [7, 11) is 3.34. The highest BCUT2D eigenvalue weighted by atomic mass is 19.1. The Morgan fingerprint density at radius 3 is 2.64 bits per heavy atom. The topological polar surface area (TPSA) is 29.5 Å². The second-order valence-corrected chi connectivity index (χ2v) is 5.36. The first-order valence-electron chi connectivity index (χ1n) is 7.11. The molecule has 4 heteroatoms. The Morgan fingerprint density at radius 2 is 1.95 bits per heavy atom. The molecule has 0 heterocycles. The molecule has 0 unspecified atom stereocenters. The summed E-state index contributed by atoms with van der Waals surface area (Å²) in [5.74, 6) is 0.467. The molecule has 0 N–H and O–H groups in total. The van der Waals surface area contributed by atoms with Gasteiger partial charge in [0.25, 0.3) is 0 Å². The molecule has 0 saturated carbocycles. The molecule has 2 aromatic rings. The largest absolute Gasteiger partial charge is 0.496 e. The fourth-order valence-electron chi connectivity index (χ4n) is 2.28. The maximum absolute atomic E-state index is 13.2. The smallest absolute Gasteiger partial charge is 0.227 e. The number of hydrogen-bond donors (Lipinski definition) is 0. The summed E-state index contributed by atoms with van der Waals surface area (Å²) in [6.07, 6.45) is 0.294. The quantitative estimate of drug-likeness (QED) is 0.847. The van der Waals surface area contributed by atoms with Gasteiger partial charge in [-0.15, -0.1) is 0 Å². The number of carbonyl (C=O) groups is 1. The van der Waals surface area contributed by atoms with Crippen LogP contribution in [-0.4, -0.2) is 25.0 Å². The molecular formula is C18H20FNO2. The molecule has 2 rings (SSSR count). The normalized spacial score (nSPS) is 10.4. The third-order valence-electron chi connectivity index (χ3n) is 3.56. The lowest BCUT2D eigenvalue weighted by atomic mass is 10.1. The summed E-state index contributed by atoms with van der Waals surface area (Å²) in [6.45, 7) is 2.35. The standard InChI is InChI=1S/C18H20FNO2/c1-13-7-8-14(10-17(13)22-3)11-18(21)20(2)12-15-5-4-6-16(19)9-15/h4-10H,11-12H2,1-3H3. The zero-order valence-corrected chi connectivity index (χ0v) is 13.1. The van der Waals surface area contributed by atoms with Crippen molar-refractivity contribution in [2.24, 2.45) is 0 Å². The summed E-state index contributed by atoms with van der Waals surface area (Å²) >= 11 is 0. The van der Waals surface area contributed by atoms with Crippen LogP contribution in [0.2, 0.25) is 0 Å². The van der Waals surface area contributed by atoms with Crippen LogP contribution in [0.3, 0.4) is 0 Å². The molecule has 1 amide bonds. The number of likely N-dealkylation sites (N-methyl/N-ethyl adjacent to an activating group) is 1. The van der Waals surface area contributed by atoms with Crippen LogP contribution in [-0.2, 0) is 17.8 Å². The zero-order chi connectivity index (χ0) is 16.1. The molecular weight excluding hydrogens is 281 g/mol. The number of aryl methyl sites for hydroxylation is 1. The Bertz CT molecular complexity index is 670. The molecule has 0 fully saturated rings. The van der Waals surface area contributed by atoms with Gasteiger partial charge in [-0.25, -0.2) is 4.39 Å². The van der Waals surface area contributed by atoms with E-state index in [1.54, 1.807) is 25.1 Å². The Kier molecular flexibility index (Phi) is 5.15. The molecule has 0 atom stereocenters. The number of nitrogens with zero attached hydrogens (tertiary/aromatic N) is 1. The summed E-state index contributed by atoms with van der Waals surface area (Å²) in [4.78, 5) is 13.9. The Labute approximate surface area is 130 Å². The van der Waals surface area contributed by atoms with Crippen LogP contribution >= 0.6 is 0 Å². The van der Waals surface area contributed by atoms with Crippen molar-refractivity contribution < 1.29 is 13.9 Å². The number of carbonyl (C=O) groups excluding carboxylic acids is 1. The fourth-order valence-corrected chi connectivity index (χ4v) is 2.28. The van der Waals surface area contributed by atoms with Gasteiger partial charge in [-0.1, -0.05) is 24.3 Å². The van der Waals surface area contributed by atoms with Gasteiger partial charge in [0.2, 0.25) is 5.91 Å². The van der Waals surface area contributed by atoms with Crippen molar-refractivity contribution in [1.29, 1.82) is 0 Å². The number of methoxy groups -OCH3 is 1. The number of ether oxygens (including phenoxy) is 1. The summed E-state index contributed by atoms with van der Waals surface area (Å²) in [5.41, 5.74) is 2.71. The van der Waals surface area contributed by atoms with Crippen molar-refractivity contribution in [3.05, 3.63) is 65.0 Å². The van der Waals surface area contributed by atoms with Crippen molar-refractivity contribution in [3.63, 3.8) is 0 Å². The van der Waals surface area contributed by atoms with Crippen molar-refractivity contribution in [2.45, 2.75) is 19.9 Å². The number of halogens is 1. The van der Waals surface area contributed by atoms with Gasteiger partial charge in [-0.05, 0) is 41.8 Å². The van der Waals surface area contributed by atoms with Crippen molar-refractivity contribution in [1.82, 2.24) is 4.90 Å². The SMILES string of the molecule is COc1cc(CC(=O)N(C)Cc2cccc(F)c2)ccc1C. The van der Waals surface area contributed by atoms with Gasteiger partial charge in [-0.3, -0.25) is 4.79 Å². The van der Waals surface area contributed by atoms with Gasteiger partial charge in [0.15, 0.2) is 0 Å². The third-order valence-corrected chi connectivity index (χ3v) is 3.56. The first-order chi connectivity index (χ1) is 10.5. The maximum atomic E-state index is 13.2. The molecule has 0 aliphatic rings. The van der Waals surface area contributed by atoms with Crippen LogP contribution in [0.4, 0.5) is 4.39 Å². The molecule has 0 aromatic heterocycles.